The lowest BCUT2D eigenvalue weighted by Crippen LogP contribution is -2.43. The largest absolute Gasteiger partial charge is 0.497 e. The number of amides is 1. The van der Waals surface area contributed by atoms with E-state index in [2.05, 4.69) is 22.6 Å². The standard InChI is InChI=1S/C19H21N3O3/c1-24-14-4-2-3-11(8-14)16-9-15(25-22-16)10-21-19(23)17-12-5-6-13(7-12)18(17)20/h2-6,8-9,12-13,17-18H,7,10,20H2,1H3,(H,21,23)/t12-,13+,17-,18+/m1/s1. The van der Waals surface area contributed by atoms with E-state index in [1.807, 2.05) is 30.3 Å². The number of benzene rings is 1. The Hall–Kier alpha value is -2.60. The van der Waals surface area contributed by atoms with Crippen LogP contribution in [-0.2, 0) is 11.3 Å². The lowest BCUT2D eigenvalue weighted by atomic mass is 9.89. The molecule has 4 atom stereocenters. The molecule has 1 amide bonds. The third-order valence-corrected chi connectivity index (χ3v) is 5.18. The van der Waals surface area contributed by atoms with Gasteiger partial charge in [0.25, 0.3) is 0 Å². The van der Waals surface area contributed by atoms with Crippen molar-refractivity contribution in [1.82, 2.24) is 10.5 Å². The highest BCUT2D eigenvalue weighted by atomic mass is 16.5. The second kappa shape index (κ2) is 6.37. The van der Waals surface area contributed by atoms with E-state index in [-0.39, 0.29) is 23.8 Å². The SMILES string of the molecule is COc1cccc(-c2cc(CNC(=O)[C@H]3[C@@H](N)[C@H]4C=C[C@@H]3C4)on2)c1. The first-order valence-corrected chi connectivity index (χ1v) is 8.47. The molecular weight excluding hydrogens is 318 g/mol. The molecule has 1 aromatic heterocycles. The molecule has 6 nitrogen and oxygen atoms in total. The molecule has 0 unspecified atom stereocenters. The molecule has 1 fully saturated rings. The molecule has 6 heteroatoms. The number of hydrogen-bond donors (Lipinski definition) is 2. The zero-order chi connectivity index (χ0) is 17.4. The number of nitrogens with one attached hydrogen (secondary N) is 1. The van der Waals surface area contributed by atoms with Crippen LogP contribution in [0, 0.1) is 17.8 Å². The highest BCUT2D eigenvalue weighted by molar-refractivity contribution is 5.81. The van der Waals surface area contributed by atoms with Gasteiger partial charge in [-0.2, -0.15) is 0 Å². The zero-order valence-electron chi connectivity index (χ0n) is 14.0. The van der Waals surface area contributed by atoms with Crippen LogP contribution in [0.3, 0.4) is 0 Å². The van der Waals surface area contributed by atoms with Gasteiger partial charge >= 0.3 is 0 Å². The summed E-state index contributed by atoms with van der Waals surface area (Å²) in [5.41, 5.74) is 7.80. The van der Waals surface area contributed by atoms with Gasteiger partial charge < -0.3 is 20.3 Å². The Kier molecular flexibility index (Phi) is 4.05. The highest BCUT2D eigenvalue weighted by Gasteiger charge is 2.46. The van der Waals surface area contributed by atoms with Crippen molar-refractivity contribution in [2.24, 2.45) is 23.5 Å². The predicted molar refractivity (Wildman–Crippen MR) is 92.5 cm³/mol. The van der Waals surface area contributed by atoms with Crippen LogP contribution in [0.1, 0.15) is 12.2 Å². The van der Waals surface area contributed by atoms with Gasteiger partial charge in [0.1, 0.15) is 11.4 Å². The molecule has 130 valence electrons. The third-order valence-electron chi connectivity index (χ3n) is 5.18. The first-order chi connectivity index (χ1) is 12.2. The minimum atomic E-state index is -0.143. The van der Waals surface area contributed by atoms with E-state index in [1.54, 1.807) is 7.11 Å². The molecule has 2 bridgehead atoms. The van der Waals surface area contributed by atoms with Gasteiger partial charge in [-0.3, -0.25) is 4.79 Å². The Balaban J connectivity index is 1.40. The Labute approximate surface area is 146 Å². The Morgan fingerprint density at radius 1 is 1.36 bits per heavy atom. The van der Waals surface area contributed by atoms with Crippen LogP contribution >= 0.6 is 0 Å². The van der Waals surface area contributed by atoms with Crippen molar-refractivity contribution in [3.05, 3.63) is 48.2 Å². The molecular formula is C19H21N3O3. The van der Waals surface area contributed by atoms with E-state index in [1.165, 1.54) is 0 Å². The Morgan fingerprint density at radius 3 is 2.96 bits per heavy atom. The molecule has 2 aliphatic rings. The molecule has 0 radical (unpaired) electrons. The minimum Gasteiger partial charge on any atom is -0.497 e. The van der Waals surface area contributed by atoms with Crippen molar-refractivity contribution in [2.75, 3.05) is 7.11 Å². The van der Waals surface area contributed by atoms with Crippen LogP contribution in [0.2, 0.25) is 0 Å². The molecule has 25 heavy (non-hydrogen) atoms. The molecule has 1 aromatic carbocycles. The molecule has 2 aromatic rings. The molecule has 0 aliphatic heterocycles. The van der Waals surface area contributed by atoms with Gasteiger partial charge in [-0.05, 0) is 30.4 Å². The smallest absolute Gasteiger partial charge is 0.225 e. The zero-order valence-corrected chi connectivity index (χ0v) is 14.0. The van der Waals surface area contributed by atoms with Crippen LogP contribution in [0.25, 0.3) is 11.3 Å². The van der Waals surface area contributed by atoms with E-state index >= 15 is 0 Å². The van der Waals surface area contributed by atoms with Crippen LogP contribution < -0.4 is 15.8 Å². The number of ether oxygens (including phenoxy) is 1. The Morgan fingerprint density at radius 2 is 2.20 bits per heavy atom. The van der Waals surface area contributed by atoms with Crippen LogP contribution in [0.4, 0.5) is 0 Å². The fourth-order valence-corrected chi connectivity index (χ4v) is 3.84. The number of methoxy groups -OCH3 is 1. The lowest BCUT2D eigenvalue weighted by Gasteiger charge is -2.23. The van der Waals surface area contributed by atoms with Gasteiger partial charge in [-0.15, -0.1) is 0 Å². The average molecular weight is 339 g/mol. The highest BCUT2D eigenvalue weighted by Crippen LogP contribution is 2.42. The van der Waals surface area contributed by atoms with Gasteiger partial charge in [0, 0.05) is 17.7 Å². The number of allylic oxidation sites excluding steroid dienone is 1. The van der Waals surface area contributed by atoms with Crippen molar-refractivity contribution in [3.63, 3.8) is 0 Å². The number of fused-ring (bicyclic) bond motifs is 2. The molecule has 2 aliphatic carbocycles. The third kappa shape index (κ3) is 2.93. The topological polar surface area (TPSA) is 90.4 Å². The summed E-state index contributed by atoms with van der Waals surface area (Å²) >= 11 is 0. The molecule has 0 spiro atoms. The van der Waals surface area contributed by atoms with Crippen LogP contribution in [0.5, 0.6) is 5.75 Å². The van der Waals surface area contributed by atoms with Crippen molar-refractivity contribution in [2.45, 2.75) is 19.0 Å². The van der Waals surface area contributed by atoms with Gasteiger partial charge in [0.05, 0.1) is 19.6 Å². The lowest BCUT2D eigenvalue weighted by molar-refractivity contribution is -0.126. The second-order valence-electron chi connectivity index (χ2n) is 6.68. The maximum Gasteiger partial charge on any atom is 0.225 e. The fraction of sp³-hybridized carbons (Fsp3) is 0.368. The summed E-state index contributed by atoms with van der Waals surface area (Å²) < 4.78 is 10.6. The van der Waals surface area contributed by atoms with Crippen LogP contribution in [-0.4, -0.2) is 24.2 Å². The van der Waals surface area contributed by atoms with Gasteiger partial charge in [-0.25, -0.2) is 0 Å². The molecule has 0 saturated heterocycles. The molecule has 1 saturated carbocycles. The quantitative estimate of drug-likeness (QED) is 0.814. The van der Waals surface area contributed by atoms with Crippen molar-refractivity contribution in [1.29, 1.82) is 0 Å². The normalized spacial score (nSPS) is 26.8. The van der Waals surface area contributed by atoms with Gasteiger partial charge in [0.15, 0.2) is 5.76 Å². The second-order valence-corrected chi connectivity index (χ2v) is 6.68. The van der Waals surface area contributed by atoms with Crippen molar-refractivity contribution in [3.8, 4) is 17.0 Å². The van der Waals surface area contributed by atoms with Crippen molar-refractivity contribution < 1.29 is 14.1 Å². The maximum atomic E-state index is 12.5. The molecule has 3 N–H and O–H groups in total. The number of nitrogens with zero attached hydrogens (tertiary/aromatic N) is 1. The number of aromatic nitrogens is 1. The summed E-state index contributed by atoms with van der Waals surface area (Å²) in [6, 6.07) is 9.34. The Bertz CT molecular complexity index is 814. The summed E-state index contributed by atoms with van der Waals surface area (Å²) in [6.07, 6.45) is 5.24. The van der Waals surface area contributed by atoms with E-state index in [0.717, 1.165) is 17.7 Å². The number of rotatable bonds is 5. The average Bonchev–Trinajstić information content (AvgIpc) is 3.35. The first kappa shape index (κ1) is 15.9. The summed E-state index contributed by atoms with van der Waals surface area (Å²) in [6.45, 7) is 0.306. The summed E-state index contributed by atoms with van der Waals surface area (Å²) in [5.74, 6) is 1.82. The minimum absolute atomic E-state index is 0.0105. The summed E-state index contributed by atoms with van der Waals surface area (Å²) in [7, 11) is 1.62. The van der Waals surface area contributed by atoms with Gasteiger partial charge in [0.2, 0.25) is 5.91 Å². The van der Waals surface area contributed by atoms with Gasteiger partial charge in [-0.1, -0.05) is 29.4 Å². The predicted octanol–water partition coefficient (Wildman–Crippen LogP) is 2.12. The number of carbonyl (C=O) groups excluding carboxylic acids is 1. The monoisotopic (exact) mass is 339 g/mol. The van der Waals surface area contributed by atoms with Crippen LogP contribution in [0.15, 0.2) is 47.0 Å². The summed E-state index contributed by atoms with van der Waals surface area (Å²) in [5, 5.41) is 7.00. The summed E-state index contributed by atoms with van der Waals surface area (Å²) in [4.78, 5) is 12.5. The number of carbonyl (C=O) groups is 1. The maximum absolute atomic E-state index is 12.5. The van der Waals surface area contributed by atoms with E-state index in [4.69, 9.17) is 15.0 Å². The van der Waals surface area contributed by atoms with E-state index < -0.39 is 0 Å². The van der Waals surface area contributed by atoms with E-state index in [0.29, 0.717) is 23.9 Å². The fourth-order valence-electron chi connectivity index (χ4n) is 3.84. The number of hydrogen-bond acceptors (Lipinski definition) is 5. The molecule has 1 heterocycles. The first-order valence-electron chi connectivity index (χ1n) is 8.47. The molecule has 4 rings (SSSR count). The van der Waals surface area contributed by atoms with Crippen molar-refractivity contribution >= 4 is 5.91 Å². The number of nitrogens with two attached hydrogens (primary N) is 1. The van der Waals surface area contributed by atoms with E-state index in [9.17, 15) is 4.79 Å².